The van der Waals surface area contributed by atoms with Gasteiger partial charge in [0.2, 0.25) is 10.0 Å². The Hall–Kier alpha value is -0.430. The van der Waals surface area contributed by atoms with Crippen molar-refractivity contribution in [3.8, 4) is 0 Å². The first-order valence-corrected chi connectivity index (χ1v) is 9.61. The fourth-order valence-corrected chi connectivity index (χ4v) is 4.60. The second-order valence-corrected chi connectivity index (χ2v) is 7.99. The lowest BCUT2D eigenvalue weighted by Crippen LogP contribution is -2.25. The van der Waals surface area contributed by atoms with Gasteiger partial charge in [0.05, 0.1) is 4.90 Å². The third kappa shape index (κ3) is 5.52. The summed E-state index contributed by atoms with van der Waals surface area (Å²) >= 11 is 1.55. The molecule has 0 aromatic carbocycles. The minimum Gasteiger partial charge on any atom is -0.312 e. The molecule has 6 heteroatoms. The van der Waals surface area contributed by atoms with E-state index >= 15 is 0 Å². The molecule has 2 N–H and O–H groups in total. The summed E-state index contributed by atoms with van der Waals surface area (Å²) < 4.78 is 27.2. The van der Waals surface area contributed by atoms with Gasteiger partial charge in [-0.3, -0.25) is 0 Å². The van der Waals surface area contributed by atoms with Crippen LogP contribution in [0, 0.1) is 6.92 Å². The molecule has 20 heavy (non-hydrogen) atoms. The van der Waals surface area contributed by atoms with Crippen LogP contribution in [0.1, 0.15) is 49.3 Å². The van der Waals surface area contributed by atoms with E-state index in [1.807, 2.05) is 6.92 Å². The predicted molar refractivity (Wildman–Crippen MR) is 85.8 cm³/mol. The Kier molecular flexibility index (Phi) is 7.72. The van der Waals surface area contributed by atoms with Crippen LogP contribution >= 0.6 is 11.3 Å². The van der Waals surface area contributed by atoms with E-state index in [1.165, 1.54) is 0 Å². The minimum atomic E-state index is -3.35. The van der Waals surface area contributed by atoms with E-state index in [0.29, 0.717) is 11.4 Å². The first kappa shape index (κ1) is 17.6. The number of rotatable bonds is 10. The molecular formula is C14H26N2O2S2. The molecule has 0 fully saturated rings. The zero-order chi connectivity index (χ0) is 15.0. The van der Waals surface area contributed by atoms with Crippen molar-refractivity contribution < 1.29 is 8.42 Å². The zero-order valence-electron chi connectivity index (χ0n) is 12.7. The van der Waals surface area contributed by atoms with E-state index in [9.17, 15) is 8.42 Å². The highest BCUT2D eigenvalue weighted by Gasteiger charge is 2.19. The van der Waals surface area contributed by atoms with E-state index in [0.717, 1.165) is 48.5 Å². The molecule has 0 aliphatic carbocycles. The van der Waals surface area contributed by atoms with Crippen LogP contribution in [0.25, 0.3) is 0 Å². The first-order chi connectivity index (χ1) is 9.51. The average molecular weight is 319 g/mol. The van der Waals surface area contributed by atoms with Crippen LogP contribution in [-0.4, -0.2) is 21.5 Å². The number of hydrogen-bond acceptors (Lipinski definition) is 4. The molecule has 4 nitrogen and oxygen atoms in total. The molecule has 0 bridgehead atoms. The summed E-state index contributed by atoms with van der Waals surface area (Å²) in [4.78, 5) is 2.37. The Labute approximate surface area is 127 Å². The van der Waals surface area contributed by atoms with Crippen LogP contribution in [0.3, 0.4) is 0 Å². The van der Waals surface area contributed by atoms with E-state index < -0.39 is 10.0 Å². The molecule has 0 atom stereocenters. The Morgan fingerprint density at radius 2 is 1.90 bits per heavy atom. The van der Waals surface area contributed by atoms with E-state index in [1.54, 1.807) is 17.4 Å². The molecule has 1 aromatic rings. The standard InChI is InChI=1S/C14H26N2O2S2/c1-4-6-7-9-16-20(17,18)14-10-13(19-12(14)3)11-15-8-5-2/h10,15-16H,4-9,11H2,1-3H3. The number of hydrogen-bond donors (Lipinski definition) is 2. The molecule has 1 rings (SSSR count). The van der Waals surface area contributed by atoms with Gasteiger partial charge in [-0.25, -0.2) is 13.1 Å². The molecule has 0 saturated heterocycles. The van der Waals surface area contributed by atoms with Crippen molar-refractivity contribution in [2.75, 3.05) is 13.1 Å². The number of aryl methyl sites for hydroxylation is 1. The van der Waals surface area contributed by atoms with Crippen LogP contribution in [0.5, 0.6) is 0 Å². The highest BCUT2D eigenvalue weighted by atomic mass is 32.2. The van der Waals surface area contributed by atoms with Crippen molar-refractivity contribution in [2.45, 2.75) is 57.9 Å². The van der Waals surface area contributed by atoms with Gasteiger partial charge in [-0.2, -0.15) is 0 Å². The Morgan fingerprint density at radius 1 is 1.15 bits per heavy atom. The third-order valence-electron chi connectivity index (χ3n) is 3.01. The van der Waals surface area contributed by atoms with Crippen molar-refractivity contribution in [1.82, 2.24) is 10.0 Å². The topological polar surface area (TPSA) is 58.2 Å². The minimum absolute atomic E-state index is 0.437. The second kappa shape index (κ2) is 8.77. The molecule has 116 valence electrons. The van der Waals surface area contributed by atoms with Crippen molar-refractivity contribution in [2.24, 2.45) is 0 Å². The van der Waals surface area contributed by atoms with Gasteiger partial charge in [0.25, 0.3) is 0 Å². The normalized spacial score (nSPS) is 11.9. The van der Waals surface area contributed by atoms with Crippen molar-refractivity contribution in [3.05, 3.63) is 15.8 Å². The summed E-state index contributed by atoms with van der Waals surface area (Å²) in [7, 11) is -3.35. The van der Waals surface area contributed by atoms with Gasteiger partial charge in [-0.15, -0.1) is 11.3 Å². The molecule has 1 heterocycles. The van der Waals surface area contributed by atoms with Crippen LogP contribution < -0.4 is 10.0 Å². The quantitative estimate of drug-likeness (QED) is 0.652. The molecule has 0 aliphatic rings. The SMILES string of the molecule is CCCCCNS(=O)(=O)c1cc(CNCCC)sc1C. The predicted octanol–water partition coefficient (Wildman–Crippen LogP) is 3.02. The van der Waals surface area contributed by atoms with E-state index in [4.69, 9.17) is 0 Å². The van der Waals surface area contributed by atoms with Crippen LogP contribution in [0.15, 0.2) is 11.0 Å². The number of thiophene rings is 1. The number of unbranched alkanes of at least 4 members (excludes halogenated alkanes) is 2. The maximum Gasteiger partial charge on any atom is 0.241 e. The highest BCUT2D eigenvalue weighted by molar-refractivity contribution is 7.89. The van der Waals surface area contributed by atoms with Crippen LogP contribution in [0.4, 0.5) is 0 Å². The monoisotopic (exact) mass is 318 g/mol. The average Bonchev–Trinajstić information content (AvgIpc) is 2.77. The Bertz CT molecular complexity index is 495. The summed E-state index contributed by atoms with van der Waals surface area (Å²) in [5.41, 5.74) is 0. The Balaban J connectivity index is 2.64. The van der Waals surface area contributed by atoms with E-state index in [2.05, 4.69) is 23.9 Å². The molecular weight excluding hydrogens is 292 g/mol. The third-order valence-corrected chi connectivity index (χ3v) is 5.78. The summed E-state index contributed by atoms with van der Waals surface area (Å²) in [6.45, 7) is 8.30. The van der Waals surface area contributed by atoms with Gasteiger partial charge in [0.15, 0.2) is 0 Å². The molecule has 0 amide bonds. The van der Waals surface area contributed by atoms with Gasteiger partial charge in [0.1, 0.15) is 0 Å². The fraction of sp³-hybridized carbons (Fsp3) is 0.714. The zero-order valence-corrected chi connectivity index (χ0v) is 14.3. The molecule has 0 unspecified atom stereocenters. The number of sulfonamides is 1. The summed E-state index contributed by atoms with van der Waals surface area (Å²) in [6.07, 6.45) is 4.11. The maximum atomic E-state index is 12.2. The van der Waals surface area contributed by atoms with Crippen molar-refractivity contribution in [1.29, 1.82) is 0 Å². The highest BCUT2D eigenvalue weighted by Crippen LogP contribution is 2.25. The molecule has 0 radical (unpaired) electrons. The second-order valence-electron chi connectivity index (χ2n) is 4.91. The fourth-order valence-electron chi connectivity index (χ4n) is 1.93. The largest absolute Gasteiger partial charge is 0.312 e. The molecule has 0 saturated carbocycles. The molecule has 1 aromatic heterocycles. The van der Waals surface area contributed by atoms with Gasteiger partial charge in [-0.1, -0.05) is 26.7 Å². The van der Waals surface area contributed by atoms with Gasteiger partial charge in [0, 0.05) is 22.8 Å². The lowest BCUT2D eigenvalue weighted by Gasteiger charge is -2.05. The first-order valence-electron chi connectivity index (χ1n) is 7.31. The van der Waals surface area contributed by atoms with Gasteiger partial charge in [-0.05, 0) is 32.4 Å². The maximum absolute atomic E-state index is 12.2. The van der Waals surface area contributed by atoms with Gasteiger partial charge < -0.3 is 5.32 Å². The lowest BCUT2D eigenvalue weighted by molar-refractivity contribution is 0.575. The smallest absolute Gasteiger partial charge is 0.241 e. The summed E-state index contributed by atoms with van der Waals surface area (Å²) in [5.74, 6) is 0. The van der Waals surface area contributed by atoms with Crippen LogP contribution in [-0.2, 0) is 16.6 Å². The lowest BCUT2D eigenvalue weighted by atomic mass is 10.3. The van der Waals surface area contributed by atoms with Crippen molar-refractivity contribution in [3.63, 3.8) is 0 Å². The van der Waals surface area contributed by atoms with E-state index in [-0.39, 0.29) is 0 Å². The molecule has 0 spiro atoms. The summed E-state index contributed by atoms with van der Waals surface area (Å²) in [5, 5.41) is 3.30. The Morgan fingerprint density at radius 3 is 2.55 bits per heavy atom. The number of nitrogens with one attached hydrogen (secondary N) is 2. The molecule has 0 aliphatic heterocycles. The van der Waals surface area contributed by atoms with Crippen LogP contribution in [0.2, 0.25) is 0 Å². The van der Waals surface area contributed by atoms with Gasteiger partial charge >= 0.3 is 0 Å². The van der Waals surface area contributed by atoms with Crippen molar-refractivity contribution >= 4 is 21.4 Å². The summed E-state index contributed by atoms with van der Waals surface area (Å²) in [6, 6.07) is 1.80.